The van der Waals surface area contributed by atoms with E-state index >= 15 is 0 Å². The first-order valence-corrected chi connectivity index (χ1v) is 8.84. The predicted molar refractivity (Wildman–Crippen MR) is 104 cm³/mol. The number of benzene rings is 1. The summed E-state index contributed by atoms with van der Waals surface area (Å²) in [5.74, 6) is 0.636. The number of aromatic nitrogens is 4. The third-order valence-electron chi connectivity index (χ3n) is 4.13. The zero-order valence-corrected chi connectivity index (χ0v) is 15.8. The molecule has 142 valence electrons. The molecule has 3 rings (SSSR count). The Morgan fingerprint density at radius 2 is 1.93 bits per heavy atom. The van der Waals surface area contributed by atoms with Crippen LogP contribution in [-0.2, 0) is 11.3 Å². The molecule has 0 bridgehead atoms. The van der Waals surface area contributed by atoms with Crippen molar-refractivity contribution in [2.45, 2.75) is 20.4 Å². The van der Waals surface area contributed by atoms with Gasteiger partial charge >= 0.3 is 0 Å². The molecule has 0 unspecified atom stereocenters. The summed E-state index contributed by atoms with van der Waals surface area (Å²) in [7, 11) is 1.65. The van der Waals surface area contributed by atoms with E-state index in [1.807, 2.05) is 32.0 Å². The van der Waals surface area contributed by atoms with Crippen molar-refractivity contribution in [3.8, 4) is 0 Å². The smallest absolute Gasteiger partial charge is 0.251 e. The largest absolute Gasteiger partial charge is 0.383 e. The standard InChI is InChI=1S/C19H24N6O2/c1-13-8-14(2)10-15(9-13)19(26)21-4-6-25-18-16(11-24-25)17(22-12-23-18)20-5-7-27-3/h8-12H,4-7H2,1-3H3,(H,21,26)(H,20,22,23). The number of nitrogens with one attached hydrogen (secondary N) is 2. The van der Waals surface area contributed by atoms with Gasteiger partial charge in [-0.3, -0.25) is 4.79 Å². The van der Waals surface area contributed by atoms with E-state index in [2.05, 4.69) is 25.7 Å². The van der Waals surface area contributed by atoms with Crippen LogP contribution in [0.25, 0.3) is 11.0 Å². The van der Waals surface area contributed by atoms with Crippen LogP contribution >= 0.6 is 0 Å². The van der Waals surface area contributed by atoms with Crippen LogP contribution in [0.4, 0.5) is 5.82 Å². The van der Waals surface area contributed by atoms with Gasteiger partial charge in [0.25, 0.3) is 5.91 Å². The van der Waals surface area contributed by atoms with Crippen molar-refractivity contribution >= 4 is 22.8 Å². The number of amides is 1. The molecule has 0 radical (unpaired) electrons. The molecular weight excluding hydrogens is 344 g/mol. The molecule has 1 aromatic carbocycles. The number of hydrogen-bond donors (Lipinski definition) is 2. The zero-order chi connectivity index (χ0) is 19.2. The molecule has 0 spiro atoms. The second-order valence-electron chi connectivity index (χ2n) is 6.38. The van der Waals surface area contributed by atoms with Gasteiger partial charge in [-0.2, -0.15) is 5.10 Å². The molecule has 8 heteroatoms. The number of carbonyl (C=O) groups is 1. The van der Waals surface area contributed by atoms with E-state index in [4.69, 9.17) is 4.74 Å². The molecule has 0 atom stereocenters. The topological polar surface area (TPSA) is 94.0 Å². The summed E-state index contributed by atoms with van der Waals surface area (Å²) in [6.07, 6.45) is 3.24. The number of hydrogen-bond acceptors (Lipinski definition) is 6. The Bertz CT molecular complexity index is 917. The Labute approximate surface area is 158 Å². The molecule has 0 saturated carbocycles. The van der Waals surface area contributed by atoms with Crippen molar-refractivity contribution in [2.75, 3.05) is 32.1 Å². The highest BCUT2D eigenvalue weighted by Crippen LogP contribution is 2.18. The number of nitrogens with zero attached hydrogens (tertiary/aromatic N) is 4. The van der Waals surface area contributed by atoms with Gasteiger partial charge in [0.15, 0.2) is 5.65 Å². The van der Waals surface area contributed by atoms with Gasteiger partial charge in [0.05, 0.1) is 24.7 Å². The molecule has 0 aliphatic heterocycles. The number of rotatable bonds is 8. The normalized spacial score (nSPS) is 10.9. The van der Waals surface area contributed by atoms with Crippen molar-refractivity contribution in [3.63, 3.8) is 0 Å². The maximum absolute atomic E-state index is 12.4. The molecule has 27 heavy (non-hydrogen) atoms. The number of fused-ring (bicyclic) bond motifs is 1. The minimum Gasteiger partial charge on any atom is -0.383 e. The summed E-state index contributed by atoms with van der Waals surface area (Å²) in [6, 6.07) is 5.82. The second-order valence-corrected chi connectivity index (χ2v) is 6.38. The van der Waals surface area contributed by atoms with Crippen molar-refractivity contribution in [1.29, 1.82) is 0 Å². The van der Waals surface area contributed by atoms with Crippen molar-refractivity contribution in [1.82, 2.24) is 25.1 Å². The lowest BCUT2D eigenvalue weighted by atomic mass is 10.1. The lowest BCUT2D eigenvalue weighted by molar-refractivity contribution is 0.0952. The van der Waals surface area contributed by atoms with E-state index in [1.54, 1.807) is 18.0 Å². The summed E-state index contributed by atoms with van der Waals surface area (Å²) in [4.78, 5) is 20.9. The van der Waals surface area contributed by atoms with Crippen molar-refractivity contribution in [3.05, 3.63) is 47.4 Å². The van der Waals surface area contributed by atoms with Crippen LogP contribution in [0.15, 0.2) is 30.7 Å². The average molecular weight is 368 g/mol. The first-order chi connectivity index (χ1) is 13.1. The first kappa shape index (κ1) is 18.8. The highest BCUT2D eigenvalue weighted by atomic mass is 16.5. The Balaban J connectivity index is 1.63. The second kappa shape index (κ2) is 8.59. The van der Waals surface area contributed by atoms with Crippen LogP contribution in [0.5, 0.6) is 0 Å². The minimum atomic E-state index is -0.0881. The van der Waals surface area contributed by atoms with Gasteiger partial charge in [0, 0.05) is 25.8 Å². The number of ether oxygens (including phenoxy) is 1. The summed E-state index contributed by atoms with van der Waals surface area (Å²) < 4.78 is 6.80. The quantitative estimate of drug-likeness (QED) is 0.590. The van der Waals surface area contributed by atoms with Crippen LogP contribution in [0, 0.1) is 13.8 Å². The Hall–Kier alpha value is -3.00. The van der Waals surface area contributed by atoms with E-state index < -0.39 is 0 Å². The fourth-order valence-corrected chi connectivity index (χ4v) is 2.95. The number of anilines is 1. The van der Waals surface area contributed by atoms with E-state index in [9.17, 15) is 4.79 Å². The summed E-state index contributed by atoms with van der Waals surface area (Å²) >= 11 is 0. The summed E-state index contributed by atoms with van der Waals surface area (Å²) in [5.41, 5.74) is 3.54. The molecule has 1 amide bonds. The van der Waals surface area contributed by atoms with Crippen molar-refractivity contribution in [2.24, 2.45) is 0 Å². The van der Waals surface area contributed by atoms with Gasteiger partial charge in [0.2, 0.25) is 0 Å². The van der Waals surface area contributed by atoms with Crippen LogP contribution < -0.4 is 10.6 Å². The highest BCUT2D eigenvalue weighted by molar-refractivity contribution is 5.94. The number of methoxy groups -OCH3 is 1. The molecule has 0 aliphatic rings. The molecule has 3 aromatic rings. The number of carbonyl (C=O) groups excluding carboxylic acids is 1. The Morgan fingerprint density at radius 1 is 1.15 bits per heavy atom. The van der Waals surface area contributed by atoms with Crippen LogP contribution in [0.1, 0.15) is 21.5 Å². The predicted octanol–water partition coefficient (Wildman–Crippen LogP) is 1.93. The van der Waals surface area contributed by atoms with E-state index in [-0.39, 0.29) is 5.91 Å². The van der Waals surface area contributed by atoms with E-state index in [0.29, 0.717) is 31.8 Å². The SMILES string of the molecule is COCCNc1ncnc2c1cnn2CCNC(=O)c1cc(C)cc(C)c1. The average Bonchev–Trinajstić information content (AvgIpc) is 3.05. The lowest BCUT2D eigenvalue weighted by Gasteiger charge is -2.08. The van der Waals surface area contributed by atoms with Crippen LogP contribution in [0.2, 0.25) is 0 Å². The molecular formula is C19H24N6O2. The monoisotopic (exact) mass is 368 g/mol. The van der Waals surface area contributed by atoms with Gasteiger partial charge in [-0.25, -0.2) is 14.6 Å². The summed E-state index contributed by atoms with van der Waals surface area (Å²) in [6.45, 7) is 6.19. The highest BCUT2D eigenvalue weighted by Gasteiger charge is 2.10. The molecule has 0 saturated heterocycles. The lowest BCUT2D eigenvalue weighted by Crippen LogP contribution is -2.27. The van der Waals surface area contributed by atoms with Gasteiger partial charge < -0.3 is 15.4 Å². The third kappa shape index (κ3) is 4.59. The maximum Gasteiger partial charge on any atom is 0.251 e. The molecule has 2 aromatic heterocycles. The molecule has 0 fully saturated rings. The summed E-state index contributed by atoms with van der Waals surface area (Å²) in [5, 5.41) is 11.4. The van der Waals surface area contributed by atoms with E-state index in [0.717, 1.165) is 28.0 Å². The van der Waals surface area contributed by atoms with Crippen LogP contribution in [0.3, 0.4) is 0 Å². The van der Waals surface area contributed by atoms with Gasteiger partial charge in [0.1, 0.15) is 12.1 Å². The Morgan fingerprint density at radius 3 is 2.67 bits per heavy atom. The number of aryl methyl sites for hydroxylation is 2. The molecule has 2 heterocycles. The minimum absolute atomic E-state index is 0.0881. The van der Waals surface area contributed by atoms with Gasteiger partial charge in [-0.15, -0.1) is 0 Å². The fourth-order valence-electron chi connectivity index (χ4n) is 2.95. The maximum atomic E-state index is 12.4. The fraction of sp³-hybridized carbons (Fsp3) is 0.368. The van der Waals surface area contributed by atoms with Gasteiger partial charge in [-0.05, 0) is 26.0 Å². The van der Waals surface area contributed by atoms with Crippen LogP contribution in [-0.4, -0.2) is 52.5 Å². The third-order valence-corrected chi connectivity index (χ3v) is 4.13. The van der Waals surface area contributed by atoms with Gasteiger partial charge in [-0.1, -0.05) is 17.2 Å². The zero-order valence-electron chi connectivity index (χ0n) is 15.8. The molecule has 8 nitrogen and oxygen atoms in total. The first-order valence-electron chi connectivity index (χ1n) is 8.84. The molecule has 2 N–H and O–H groups in total. The van der Waals surface area contributed by atoms with Crippen molar-refractivity contribution < 1.29 is 9.53 Å². The van der Waals surface area contributed by atoms with E-state index in [1.165, 1.54) is 6.33 Å². The Kier molecular flexibility index (Phi) is 5.97. The molecule has 0 aliphatic carbocycles.